The molecule has 7 heteroatoms. The van der Waals surface area contributed by atoms with Gasteiger partial charge in [0.25, 0.3) is 0 Å². The highest BCUT2D eigenvalue weighted by molar-refractivity contribution is 6.31. The maximum absolute atomic E-state index is 6.13. The molecular weight excluding hydrogens is 456 g/mol. The van der Waals surface area contributed by atoms with Gasteiger partial charge in [0, 0.05) is 35.1 Å². The van der Waals surface area contributed by atoms with Crippen molar-refractivity contribution in [3.63, 3.8) is 0 Å². The zero-order chi connectivity index (χ0) is 23.6. The number of nitrogens with one attached hydrogen (secondary N) is 1. The van der Waals surface area contributed by atoms with Gasteiger partial charge in [-0.25, -0.2) is 4.98 Å². The van der Waals surface area contributed by atoms with E-state index >= 15 is 0 Å². The van der Waals surface area contributed by atoms with Gasteiger partial charge in [0.05, 0.1) is 11.2 Å². The first-order valence-corrected chi connectivity index (χ1v) is 11.7. The van der Waals surface area contributed by atoms with Gasteiger partial charge in [0.1, 0.15) is 0 Å². The molecule has 170 valence electrons. The second-order valence-electron chi connectivity index (χ2n) is 8.49. The second-order valence-corrected chi connectivity index (χ2v) is 8.93. The molecule has 0 bridgehead atoms. The van der Waals surface area contributed by atoms with Gasteiger partial charge in [0.15, 0.2) is 5.82 Å². The average Bonchev–Trinajstić information content (AvgIpc) is 3.53. The summed E-state index contributed by atoms with van der Waals surface area (Å²) >= 11 is 6.13. The van der Waals surface area contributed by atoms with Crippen molar-refractivity contribution in [2.45, 2.75) is 13.0 Å². The molecule has 0 aliphatic rings. The SMILES string of the molecule is Clc1ccc2ccc(/C=C/c3cccc(Cn4ccc5ccc(Cc6nn[nH]n6)cc54)c3)nc2c1. The molecule has 0 fully saturated rings. The van der Waals surface area contributed by atoms with Crippen molar-refractivity contribution in [2.24, 2.45) is 0 Å². The first-order valence-electron chi connectivity index (χ1n) is 11.3. The standard InChI is InChI=1S/C28H21ClN6/c29-24-9-7-22-8-11-25(30-26(22)17-24)10-5-19-2-1-3-21(14-19)18-35-13-12-23-6-4-20(15-27(23)35)16-28-31-33-34-32-28/h1-15,17H,16,18H2,(H,31,32,33,34)/b10-5+. The van der Waals surface area contributed by atoms with E-state index in [1.54, 1.807) is 0 Å². The Balaban J connectivity index is 1.23. The Hall–Kier alpha value is -4.29. The highest BCUT2D eigenvalue weighted by Gasteiger charge is 2.07. The number of tetrazole rings is 1. The van der Waals surface area contributed by atoms with Gasteiger partial charge < -0.3 is 4.57 Å². The number of benzene rings is 3. The summed E-state index contributed by atoms with van der Waals surface area (Å²) in [4.78, 5) is 4.71. The lowest BCUT2D eigenvalue weighted by molar-refractivity contribution is 0.835. The molecule has 6 rings (SSSR count). The van der Waals surface area contributed by atoms with Crippen LogP contribution in [0.5, 0.6) is 0 Å². The molecule has 0 amide bonds. The van der Waals surface area contributed by atoms with Gasteiger partial charge in [-0.1, -0.05) is 65.4 Å². The summed E-state index contributed by atoms with van der Waals surface area (Å²) in [6.07, 6.45) is 6.91. The maximum Gasteiger partial charge on any atom is 0.178 e. The molecule has 0 spiro atoms. The number of aromatic nitrogens is 6. The molecule has 35 heavy (non-hydrogen) atoms. The van der Waals surface area contributed by atoms with Gasteiger partial charge >= 0.3 is 0 Å². The van der Waals surface area contributed by atoms with Gasteiger partial charge in [-0.15, -0.1) is 10.2 Å². The van der Waals surface area contributed by atoms with E-state index in [0.717, 1.165) is 34.3 Å². The third-order valence-corrected chi connectivity index (χ3v) is 6.25. The number of hydrogen-bond acceptors (Lipinski definition) is 4. The van der Waals surface area contributed by atoms with E-state index in [1.807, 2.05) is 30.3 Å². The molecule has 0 unspecified atom stereocenters. The lowest BCUT2D eigenvalue weighted by Gasteiger charge is -2.08. The van der Waals surface area contributed by atoms with Crippen LogP contribution in [0.4, 0.5) is 0 Å². The third kappa shape index (κ3) is 4.69. The zero-order valence-electron chi connectivity index (χ0n) is 18.8. The van der Waals surface area contributed by atoms with Gasteiger partial charge in [0.2, 0.25) is 0 Å². The summed E-state index contributed by atoms with van der Waals surface area (Å²) in [6.45, 7) is 0.781. The van der Waals surface area contributed by atoms with Crippen LogP contribution in [0, 0.1) is 0 Å². The van der Waals surface area contributed by atoms with Crippen LogP contribution in [-0.4, -0.2) is 30.2 Å². The summed E-state index contributed by atoms with van der Waals surface area (Å²) in [5.74, 6) is 0.686. The van der Waals surface area contributed by atoms with Crippen molar-refractivity contribution < 1.29 is 0 Å². The van der Waals surface area contributed by atoms with Crippen molar-refractivity contribution in [1.82, 2.24) is 30.2 Å². The number of hydrogen-bond donors (Lipinski definition) is 1. The number of H-pyrrole nitrogens is 1. The molecule has 0 radical (unpaired) electrons. The van der Waals surface area contributed by atoms with Crippen LogP contribution in [0.1, 0.15) is 28.2 Å². The van der Waals surface area contributed by atoms with Crippen LogP contribution in [0.15, 0.2) is 85.1 Å². The van der Waals surface area contributed by atoms with Crippen molar-refractivity contribution in [1.29, 1.82) is 0 Å². The molecule has 3 heterocycles. The van der Waals surface area contributed by atoms with E-state index in [0.29, 0.717) is 17.3 Å². The predicted octanol–water partition coefficient (Wildman–Crippen LogP) is 6.17. The van der Waals surface area contributed by atoms with Crippen molar-refractivity contribution in [3.8, 4) is 0 Å². The number of nitrogens with zero attached hydrogens (tertiary/aromatic N) is 5. The Bertz CT molecular complexity index is 1670. The Labute approximate surface area is 206 Å². The van der Waals surface area contributed by atoms with E-state index in [-0.39, 0.29) is 0 Å². The van der Waals surface area contributed by atoms with Crippen LogP contribution in [0.3, 0.4) is 0 Å². The largest absolute Gasteiger partial charge is 0.343 e. The summed E-state index contributed by atoms with van der Waals surface area (Å²) in [7, 11) is 0. The van der Waals surface area contributed by atoms with Crippen LogP contribution in [0.2, 0.25) is 5.02 Å². The minimum absolute atomic E-state index is 0.646. The van der Waals surface area contributed by atoms with Gasteiger partial charge in [-0.3, -0.25) is 0 Å². The normalized spacial score (nSPS) is 11.7. The van der Waals surface area contributed by atoms with Crippen LogP contribution >= 0.6 is 11.6 Å². The zero-order valence-corrected chi connectivity index (χ0v) is 19.5. The molecule has 1 N–H and O–H groups in total. The van der Waals surface area contributed by atoms with E-state index < -0.39 is 0 Å². The lowest BCUT2D eigenvalue weighted by atomic mass is 10.1. The van der Waals surface area contributed by atoms with Crippen molar-refractivity contribution in [3.05, 3.63) is 118 Å². The highest BCUT2D eigenvalue weighted by Crippen LogP contribution is 2.22. The van der Waals surface area contributed by atoms with Gasteiger partial charge in [-0.05, 0) is 64.6 Å². The Kier molecular flexibility index (Phi) is 5.56. The average molecular weight is 477 g/mol. The molecule has 6 nitrogen and oxygen atoms in total. The minimum Gasteiger partial charge on any atom is -0.343 e. The molecule has 0 aliphatic carbocycles. The minimum atomic E-state index is 0.646. The first kappa shape index (κ1) is 21.3. The number of pyridine rings is 1. The molecule has 0 atom stereocenters. The number of fused-ring (bicyclic) bond motifs is 2. The Morgan fingerprint density at radius 2 is 1.77 bits per heavy atom. The Morgan fingerprint density at radius 1 is 0.857 bits per heavy atom. The van der Waals surface area contributed by atoms with Gasteiger partial charge in [-0.2, -0.15) is 5.21 Å². The lowest BCUT2D eigenvalue weighted by Crippen LogP contribution is -1.99. The fourth-order valence-electron chi connectivity index (χ4n) is 4.29. The molecule has 0 saturated heterocycles. The predicted molar refractivity (Wildman–Crippen MR) is 140 cm³/mol. The topological polar surface area (TPSA) is 72.3 Å². The quantitative estimate of drug-likeness (QED) is 0.312. The molecule has 0 aliphatic heterocycles. The summed E-state index contributed by atoms with van der Waals surface area (Å²) in [6, 6.07) is 27.0. The second kappa shape index (κ2) is 9.16. The number of halogens is 1. The van der Waals surface area contributed by atoms with E-state index in [9.17, 15) is 0 Å². The van der Waals surface area contributed by atoms with Crippen LogP contribution < -0.4 is 0 Å². The summed E-state index contributed by atoms with van der Waals surface area (Å²) in [5, 5.41) is 17.3. The van der Waals surface area contributed by atoms with Crippen LogP contribution in [0.25, 0.3) is 34.0 Å². The van der Waals surface area contributed by atoms with E-state index in [4.69, 9.17) is 16.6 Å². The number of rotatable bonds is 6. The highest BCUT2D eigenvalue weighted by atomic mass is 35.5. The van der Waals surface area contributed by atoms with Crippen molar-refractivity contribution in [2.75, 3.05) is 0 Å². The molecule has 6 aromatic rings. The summed E-state index contributed by atoms with van der Waals surface area (Å²) < 4.78 is 2.27. The Morgan fingerprint density at radius 3 is 2.69 bits per heavy atom. The fraction of sp³-hybridized carbons (Fsp3) is 0.0714. The molecule has 3 aromatic carbocycles. The first-order chi connectivity index (χ1) is 17.2. The molecule has 0 saturated carbocycles. The summed E-state index contributed by atoms with van der Waals surface area (Å²) in [5.41, 5.74) is 6.49. The van der Waals surface area contributed by atoms with Crippen molar-refractivity contribution >= 4 is 45.6 Å². The fourth-order valence-corrected chi connectivity index (χ4v) is 4.46. The number of aromatic amines is 1. The molecular formula is C28H21ClN6. The van der Waals surface area contributed by atoms with E-state index in [1.165, 1.54) is 16.5 Å². The smallest absolute Gasteiger partial charge is 0.178 e. The van der Waals surface area contributed by atoms with Crippen LogP contribution in [-0.2, 0) is 13.0 Å². The molecule has 3 aromatic heterocycles. The third-order valence-electron chi connectivity index (χ3n) is 6.02. The monoisotopic (exact) mass is 476 g/mol. The van der Waals surface area contributed by atoms with E-state index in [2.05, 4.69) is 92.1 Å². The maximum atomic E-state index is 6.13.